The number of benzene rings is 2. The molecule has 21 heavy (non-hydrogen) atoms. The number of rotatable bonds is 3. The summed E-state index contributed by atoms with van der Waals surface area (Å²) in [7, 11) is 1.97. The van der Waals surface area contributed by atoms with Crippen LogP contribution in [0.2, 0.25) is 5.02 Å². The summed E-state index contributed by atoms with van der Waals surface area (Å²) in [4.78, 5) is 1.21. The minimum Gasteiger partial charge on any atom is -0.486 e. The maximum absolute atomic E-state index is 6.26. The van der Waals surface area contributed by atoms with E-state index in [1.54, 1.807) is 0 Å². The van der Waals surface area contributed by atoms with E-state index in [2.05, 4.69) is 23.5 Å². The van der Waals surface area contributed by atoms with Gasteiger partial charge in [0.2, 0.25) is 0 Å². The highest BCUT2D eigenvalue weighted by molar-refractivity contribution is 7.99. The van der Waals surface area contributed by atoms with Crippen molar-refractivity contribution in [3.8, 4) is 5.75 Å². The monoisotopic (exact) mass is 319 g/mol. The number of aryl methyl sites for hydroxylation is 1. The highest BCUT2D eigenvalue weighted by Gasteiger charge is 2.28. The van der Waals surface area contributed by atoms with Gasteiger partial charge >= 0.3 is 0 Å². The molecule has 2 atom stereocenters. The van der Waals surface area contributed by atoms with Crippen LogP contribution < -0.4 is 10.1 Å². The second kappa shape index (κ2) is 6.30. The number of likely N-dealkylation sites (N-methyl/N-ethyl adjacent to an activating group) is 1. The molecule has 0 radical (unpaired) electrons. The lowest BCUT2D eigenvalue weighted by atomic mass is 10.0. The van der Waals surface area contributed by atoms with Gasteiger partial charge in [-0.3, -0.25) is 0 Å². The van der Waals surface area contributed by atoms with Gasteiger partial charge in [0.25, 0.3) is 0 Å². The first-order valence-electron chi connectivity index (χ1n) is 7.01. The van der Waals surface area contributed by atoms with Crippen molar-refractivity contribution in [1.29, 1.82) is 0 Å². The third-order valence-electron chi connectivity index (χ3n) is 3.77. The molecule has 0 saturated carbocycles. The van der Waals surface area contributed by atoms with E-state index >= 15 is 0 Å². The van der Waals surface area contributed by atoms with Gasteiger partial charge in [-0.25, -0.2) is 0 Å². The highest BCUT2D eigenvalue weighted by atomic mass is 35.5. The number of hydrogen-bond acceptors (Lipinski definition) is 3. The minimum absolute atomic E-state index is 0.0914. The largest absolute Gasteiger partial charge is 0.486 e. The number of thioether (sulfide) groups is 1. The molecule has 0 aliphatic carbocycles. The van der Waals surface area contributed by atoms with Crippen molar-refractivity contribution in [3.05, 3.63) is 58.6 Å². The van der Waals surface area contributed by atoms with E-state index in [4.69, 9.17) is 16.3 Å². The molecule has 0 saturated heterocycles. The molecule has 0 spiro atoms. The van der Waals surface area contributed by atoms with Crippen LogP contribution in [0.3, 0.4) is 0 Å². The Labute approximate surface area is 134 Å². The van der Waals surface area contributed by atoms with Gasteiger partial charge in [0.15, 0.2) is 0 Å². The van der Waals surface area contributed by atoms with Crippen LogP contribution in [0.25, 0.3) is 0 Å². The Morgan fingerprint density at radius 1 is 1.29 bits per heavy atom. The van der Waals surface area contributed by atoms with Crippen LogP contribution in [-0.2, 0) is 0 Å². The summed E-state index contributed by atoms with van der Waals surface area (Å²) in [6, 6.07) is 14.5. The van der Waals surface area contributed by atoms with Crippen LogP contribution in [0.1, 0.15) is 17.2 Å². The van der Waals surface area contributed by atoms with Crippen molar-refractivity contribution in [2.24, 2.45) is 0 Å². The smallest absolute Gasteiger partial charge is 0.133 e. The summed E-state index contributed by atoms with van der Waals surface area (Å²) in [5.41, 5.74) is 2.26. The van der Waals surface area contributed by atoms with Crippen molar-refractivity contribution in [3.63, 3.8) is 0 Å². The molecule has 0 bridgehead atoms. The molecular formula is C17H18ClNOS. The van der Waals surface area contributed by atoms with E-state index < -0.39 is 0 Å². The molecule has 0 aromatic heterocycles. The van der Waals surface area contributed by atoms with Gasteiger partial charge in [0, 0.05) is 15.7 Å². The van der Waals surface area contributed by atoms with Crippen molar-refractivity contribution < 1.29 is 4.74 Å². The molecule has 0 amide bonds. The van der Waals surface area contributed by atoms with Gasteiger partial charge in [-0.1, -0.05) is 35.9 Å². The lowest BCUT2D eigenvalue weighted by molar-refractivity contribution is 0.171. The fourth-order valence-corrected chi connectivity index (χ4v) is 3.80. The number of halogens is 1. The first kappa shape index (κ1) is 14.8. The topological polar surface area (TPSA) is 21.3 Å². The van der Waals surface area contributed by atoms with Gasteiger partial charge < -0.3 is 10.1 Å². The number of ether oxygens (including phenoxy) is 1. The number of fused-ring (bicyclic) bond motifs is 1. The van der Waals surface area contributed by atoms with Crippen LogP contribution in [-0.4, -0.2) is 18.9 Å². The molecule has 110 valence electrons. The van der Waals surface area contributed by atoms with Crippen LogP contribution in [0.15, 0.2) is 47.4 Å². The van der Waals surface area contributed by atoms with E-state index in [9.17, 15) is 0 Å². The Bertz CT molecular complexity index is 646. The van der Waals surface area contributed by atoms with Crippen molar-refractivity contribution in [1.82, 2.24) is 5.32 Å². The third kappa shape index (κ3) is 3.05. The molecule has 1 N–H and O–H groups in total. The first-order chi connectivity index (χ1) is 10.2. The second-order valence-corrected chi connectivity index (χ2v) is 6.66. The van der Waals surface area contributed by atoms with Crippen LogP contribution in [0.4, 0.5) is 0 Å². The SMILES string of the molecule is CNC(c1ccc(C)c(Cl)c1)C1CSc2ccccc2O1. The predicted octanol–water partition coefficient (Wildman–Crippen LogP) is 4.46. The normalized spacial score (nSPS) is 18.7. The zero-order valence-electron chi connectivity index (χ0n) is 12.1. The molecule has 3 rings (SSSR count). The van der Waals surface area contributed by atoms with E-state index in [1.807, 2.05) is 50.0 Å². The first-order valence-corrected chi connectivity index (χ1v) is 8.37. The van der Waals surface area contributed by atoms with Crippen molar-refractivity contribution in [2.75, 3.05) is 12.8 Å². The Morgan fingerprint density at radius 3 is 2.86 bits per heavy atom. The van der Waals surface area contributed by atoms with E-state index in [-0.39, 0.29) is 12.1 Å². The van der Waals surface area contributed by atoms with Crippen molar-refractivity contribution >= 4 is 23.4 Å². The molecule has 1 aliphatic heterocycles. The molecule has 0 fully saturated rings. The van der Waals surface area contributed by atoms with Crippen molar-refractivity contribution in [2.45, 2.75) is 24.0 Å². The Hall–Kier alpha value is -1.16. The lowest BCUT2D eigenvalue weighted by Gasteiger charge is -2.32. The van der Waals surface area contributed by atoms with Crippen LogP contribution in [0.5, 0.6) is 5.75 Å². The molecule has 4 heteroatoms. The van der Waals surface area contributed by atoms with Gasteiger partial charge in [-0.2, -0.15) is 0 Å². The Kier molecular flexibility index (Phi) is 4.43. The molecule has 2 nitrogen and oxygen atoms in total. The molecular weight excluding hydrogens is 302 g/mol. The van der Waals surface area contributed by atoms with Gasteiger partial charge in [-0.15, -0.1) is 11.8 Å². The number of hydrogen-bond donors (Lipinski definition) is 1. The van der Waals surface area contributed by atoms with E-state index in [1.165, 1.54) is 4.90 Å². The Morgan fingerprint density at radius 2 is 2.10 bits per heavy atom. The average Bonchev–Trinajstić information content (AvgIpc) is 2.51. The summed E-state index contributed by atoms with van der Waals surface area (Å²) >= 11 is 8.11. The standard InChI is InChI=1S/C17H18ClNOS/c1-11-7-8-12(9-13(11)18)17(19-2)15-10-21-16-6-4-3-5-14(16)20-15/h3-9,15,17,19H,10H2,1-2H3. The number of nitrogens with one attached hydrogen (secondary N) is 1. The zero-order valence-corrected chi connectivity index (χ0v) is 13.7. The van der Waals surface area contributed by atoms with Gasteiger partial charge in [-0.05, 0) is 43.3 Å². The summed E-state index contributed by atoms with van der Waals surface area (Å²) in [6.07, 6.45) is 0.0914. The molecule has 2 unspecified atom stereocenters. The number of para-hydroxylation sites is 1. The highest BCUT2D eigenvalue weighted by Crippen LogP contribution is 2.38. The predicted molar refractivity (Wildman–Crippen MR) is 89.6 cm³/mol. The maximum Gasteiger partial charge on any atom is 0.133 e. The lowest BCUT2D eigenvalue weighted by Crippen LogP contribution is -2.37. The molecule has 1 heterocycles. The molecule has 1 aliphatic rings. The fraction of sp³-hybridized carbons (Fsp3) is 0.294. The quantitative estimate of drug-likeness (QED) is 0.902. The van der Waals surface area contributed by atoms with E-state index in [0.29, 0.717) is 0 Å². The van der Waals surface area contributed by atoms with Crippen LogP contribution >= 0.6 is 23.4 Å². The van der Waals surface area contributed by atoms with E-state index in [0.717, 1.165) is 27.7 Å². The Balaban J connectivity index is 1.86. The third-order valence-corrected chi connectivity index (χ3v) is 5.32. The molecule has 2 aromatic carbocycles. The summed E-state index contributed by atoms with van der Waals surface area (Å²) in [6.45, 7) is 2.02. The fourth-order valence-electron chi connectivity index (χ4n) is 2.57. The molecule has 2 aromatic rings. The van der Waals surface area contributed by atoms with Gasteiger partial charge in [0.05, 0.1) is 6.04 Å². The minimum atomic E-state index is 0.0914. The second-order valence-electron chi connectivity index (χ2n) is 5.19. The van der Waals surface area contributed by atoms with Gasteiger partial charge in [0.1, 0.15) is 11.9 Å². The summed E-state index contributed by atoms with van der Waals surface area (Å²) in [5, 5.41) is 4.17. The average molecular weight is 320 g/mol. The summed E-state index contributed by atoms with van der Waals surface area (Å²) in [5.74, 6) is 1.89. The van der Waals surface area contributed by atoms with Crippen LogP contribution in [0, 0.1) is 6.92 Å². The maximum atomic E-state index is 6.26. The summed E-state index contributed by atoms with van der Waals surface area (Å²) < 4.78 is 6.18. The zero-order chi connectivity index (χ0) is 14.8.